The van der Waals surface area contributed by atoms with Gasteiger partial charge in [0.1, 0.15) is 5.82 Å². The topological polar surface area (TPSA) is 68.1 Å². The second-order valence-electron chi connectivity index (χ2n) is 7.47. The van der Waals surface area contributed by atoms with Gasteiger partial charge in [0.25, 0.3) is 0 Å². The number of thioether (sulfide) groups is 1. The van der Waals surface area contributed by atoms with Crippen LogP contribution in [-0.2, 0) is 16.6 Å². The van der Waals surface area contributed by atoms with Crippen molar-refractivity contribution in [2.75, 3.05) is 25.1 Å². The van der Waals surface area contributed by atoms with Crippen LogP contribution in [0, 0.1) is 11.7 Å². The zero-order valence-corrected chi connectivity index (χ0v) is 18.2. The Balaban J connectivity index is 1.56. The smallest absolute Gasteiger partial charge is 0.211 e. The lowest BCUT2D eigenvalue weighted by atomic mass is 10.2. The van der Waals surface area contributed by atoms with E-state index in [1.807, 2.05) is 34.9 Å². The lowest BCUT2D eigenvalue weighted by molar-refractivity contribution is 0.471. The van der Waals surface area contributed by atoms with Gasteiger partial charge in [-0.25, -0.2) is 17.1 Å². The summed E-state index contributed by atoms with van der Waals surface area (Å²) in [6.07, 6.45) is 2.10. The van der Waals surface area contributed by atoms with Gasteiger partial charge in [-0.05, 0) is 42.2 Å². The Labute approximate surface area is 180 Å². The van der Waals surface area contributed by atoms with Gasteiger partial charge in [0.2, 0.25) is 10.0 Å². The van der Waals surface area contributed by atoms with Crippen LogP contribution in [0.5, 0.6) is 0 Å². The van der Waals surface area contributed by atoms with Crippen molar-refractivity contribution in [2.45, 2.75) is 18.1 Å². The third kappa shape index (κ3) is 4.91. The van der Waals surface area contributed by atoms with Gasteiger partial charge in [-0.3, -0.25) is 4.57 Å². The Kier molecular flexibility index (Phi) is 6.21. The highest BCUT2D eigenvalue weighted by molar-refractivity contribution is 7.99. The Morgan fingerprint density at radius 3 is 2.50 bits per heavy atom. The van der Waals surface area contributed by atoms with Gasteiger partial charge in [0.15, 0.2) is 11.0 Å². The lowest BCUT2D eigenvalue weighted by Crippen LogP contribution is -2.27. The summed E-state index contributed by atoms with van der Waals surface area (Å²) < 4.78 is 40.5. The van der Waals surface area contributed by atoms with Crippen molar-refractivity contribution >= 4 is 21.8 Å². The number of aromatic nitrogens is 3. The molecule has 2 heterocycles. The van der Waals surface area contributed by atoms with E-state index in [1.54, 1.807) is 23.9 Å². The first-order valence-electron chi connectivity index (χ1n) is 9.71. The molecule has 2 aromatic carbocycles. The molecule has 1 atom stereocenters. The number of hydrogen-bond donors (Lipinski definition) is 0. The van der Waals surface area contributed by atoms with Crippen molar-refractivity contribution in [3.05, 3.63) is 66.0 Å². The fourth-order valence-electron chi connectivity index (χ4n) is 3.54. The van der Waals surface area contributed by atoms with Crippen LogP contribution in [0.1, 0.15) is 12.0 Å². The van der Waals surface area contributed by atoms with Gasteiger partial charge in [0, 0.05) is 24.4 Å². The summed E-state index contributed by atoms with van der Waals surface area (Å²) in [5.74, 6) is 1.44. The number of nitrogens with zero attached hydrogens (tertiary/aromatic N) is 4. The van der Waals surface area contributed by atoms with Crippen LogP contribution >= 0.6 is 11.8 Å². The first kappa shape index (κ1) is 21.0. The highest BCUT2D eigenvalue weighted by Gasteiger charge is 2.29. The maximum atomic E-state index is 13.4. The molecular formula is C21H23FN4O2S2. The fourth-order valence-corrected chi connectivity index (χ4v) is 5.52. The van der Waals surface area contributed by atoms with Crippen molar-refractivity contribution in [1.29, 1.82) is 0 Å². The highest BCUT2D eigenvalue weighted by Crippen LogP contribution is 2.29. The summed E-state index contributed by atoms with van der Waals surface area (Å²) in [6.45, 7) is 1.72. The van der Waals surface area contributed by atoms with Crippen LogP contribution in [0.4, 0.5) is 4.39 Å². The molecule has 1 saturated heterocycles. The second-order valence-corrected chi connectivity index (χ2v) is 10.4. The Morgan fingerprint density at radius 1 is 1.10 bits per heavy atom. The second kappa shape index (κ2) is 8.87. The quantitative estimate of drug-likeness (QED) is 0.520. The first-order valence-corrected chi connectivity index (χ1v) is 12.5. The number of sulfonamides is 1. The van der Waals surface area contributed by atoms with E-state index in [0.29, 0.717) is 25.5 Å². The molecule has 0 N–H and O–H groups in total. The molecule has 0 amide bonds. The molecule has 0 radical (unpaired) electrons. The van der Waals surface area contributed by atoms with Crippen molar-refractivity contribution < 1.29 is 12.8 Å². The molecular weight excluding hydrogens is 423 g/mol. The summed E-state index contributed by atoms with van der Waals surface area (Å²) in [7, 11) is -3.14. The normalized spacial score (nSPS) is 17.5. The van der Waals surface area contributed by atoms with Gasteiger partial charge in [-0.1, -0.05) is 42.1 Å². The maximum Gasteiger partial charge on any atom is 0.211 e. The van der Waals surface area contributed by atoms with Gasteiger partial charge >= 0.3 is 0 Å². The molecule has 0 spiro atoms. The van der Waals surface area contributed by atoms with Crippen molar-refractivity contribution in [1.82, 2.24) is 19.1 Å². The molecule has 9 heteroatoms. The van der Waals surface area contributed by atoms with E-state index in [-0.39, 0.29) is 11.7 Å². The van der Waals surface area contributed by atoms with Crippen molar-refractivity contribution in [2.24, 2.45) is 5.92 Å². The van der Waals surface area contributed by atoms with E-state index in [2.05, 4.69) is 10.2 Å². The zero-order valence-electron chi connectivity index (χ0n) is 16.6. The summed E-state index contributed by atoms with van der Waals surface area (Å²) in [4.78, 5) is 0. The number of halogens is 1. The third-order valence-corrected chi connectivity index (χ3v) is 7.64. The monoisotopic (exact) mass is 446 g/mol. The molecule has 6 nitrogen and oxygen atoms in total. The molecule has 3 aromatic rings. The van der Waals surface area contributed by atoms with E-state index >= 15 is 0 Å². The molecule has 0 bridgehead atoms. The van der Waals surface area contributed by atoms with Gasteiger partial charge in [-0.2, -0.15) is 0 Å². The van der Waals surface area contributed by atoms with E-state index in [0.717, 1.165) is 28.5 Å². The van der Waals surface area contributed by atoms with E-state index in [1.165, 1.54) is 22.7 Å². The van der Waals surface area contributed by atoms with Crippen molar-refractivity contribution in [3.63, 3.8) is 0 Å². The number of hydrogen-bond acceptors (Lipinski definition) is 5. The predicted molar refractivity (Wildman–Crippen MR) is 116 cm³/mol. The van der Waals surface area contributed by atoms with Gasteiger partial charge in [-0.15, -0.1) is 10.2 Å². The van der Waals surface area contributed by atoms with E-state index in [4.69, 9.17) is 0 Å². The number of benzene rings is 2. The van der Waals surface area contributed by atoms with Gasteiger partial charge < -0.3 is 0 Å². The molecule has 4 rings (SSSR count). The zero-order chi connectivity index (χ0) is 21.1. The Bertz CT molecular complexity index is 1100. The molecule has 158 valence electrons. The average Bonchev–Trinajstić information content (AvgIpc) is 3.35. The molecule has 30 heavy (non-hydrogen) atoms. The lowest BCUT2D eigenvalue weighted by Gasteiger charge is -2.14. The SMILES string of the molecule is CS(=O)(=O)N1CC[C@@H](CSc2nnc(-c3ccc(F)cc3)n2Cc2ccccc2)C1. The van der Waals surface area contributed by atoms with Crippen LogP contribution < -0.4 is 0 Å². The highest BCUT2D eigenvalue weighted by atomic mass is 32.2. The minimum absolute atomic E-state index is 0.279. The maximum absolute atomic E-state index is 13.4. The minimum atomic E-state index is -3.14. The molecule has 0 unspecified atom stereocenters. The molecule has 0 saturated carbocycles. The van der Waals surface area contributed by atoms with Crippen LogP contribution in [0.25, 0.3) is 11.4 Å². The predicted octanol–water partition coefficient (Wildman–Crippen LogP) is 3.51. The van der Waals surface area contributed by atoms with Crippen LogP contribution in [0.2, 0.25) is 0 Å². The fraction of sp³-hybridized carbons (Fsp3) is 0.333. The summed E-state index contributed by atoms with van der Waals surface area (Å²) in [6, 6.07) is 16.3. The summed E-state index contributed by atoms with van der Waals surface area (Å²) in [5.41, 5.74) is 1.92. The summed E-state index contributed by atoms with van der Waals surface area (Å²) >= 11 is 1.59. The largest absolute Gasteiger partial charge is 0.298 e. The summed E-state index contributed by atoms with van der Waals surface area (Å²) in [5, 5.41) is 9.54. The molecule has 1 aromatic heterocycles. The van der Waals surface area contributed by atoms with Crippen molar-refractivity contribution in [3.8, 4) is 11.4 Å². The molecule has 1 fully saturated rings. The standard InChI is InChI=1S/C21H23FN4O2S2/c1-30(27,28)25-12-11-17(13-25)15-29-21-24-23-20(18-7-9-19(22)10-8-18)26(21)14-16-5-3-2-4-6-16/h2-10,17H,11-15H2,1H3/t17-/m1/s1. The first-order chi connectivity index (χ1) is 14.4. The Hall–Kier alpha value is -2.23. The Morgan fingerprint density at radius 2 is 1.83 bits per heavy atom. The van der Waals surface area contributed by atoms with Gasteiger partial charge in [0.05, 0.1) is 12.8 Å². The average molecular weight is 447 g/mol. The van der Waals surface area contributed by atoms with Crippen LogP contribution in [0.15, 0.2) is 59.8 Å². The molecule has 1 aliphatic rings. The number of rotatable bonds is 7. The molecule has 1 aliphatic heterocycles. The van der Waals surface area contributed by atoms with Crippen LogP contribution in [-0.4, -0.2) is 52.6 Å². The van der Waals surface area contributed by atoms with E-state index < -0.39 is 10.0 Å². The third-order valence-electron chi connectivity index (χ3n) is 5.17. The molecule has 0 aliphatic carbocycles. The van der Waals surface area contributed by atoms with E-state index in [9.17, 15) is 12.8 Å². The van der Waals surface area contributed by atoms with Crippen LogP contribution in [0.3, 0.4) is 0 Å². The minimum Gasteiger partial charge on any atom is -0.298 e.